The molecule has 1 heterocycles. The van der Waals surface area contributed by atoms with Crippen LogP contribution in [0, 0.1) is 5.92 Å². The van der Waals surface area contributed by atoms with Gasteiger partial charge in [0.25, 0.3) is 0 Å². The van der Waals surface area contributed by atoms with E-state index in [1.54, 1.807) is 0 Å². The maximum Gasteiger partial charge on any atom is 0.393 e. The first-order valence-electron chi connectivity index (χ1n) is 8.38. The molecule has 25 heavy (non-hydrogen) atoms. The number of nitrogens with one attached hydrogen (secondary N) is 1. The molecule has 1 aliphatic rings. The molecule has 0 saturated carbocycles. The molecular formula is C18H23F3N2O2. The maximum absolute atomic E-state index is 12.8. The number of nitrogens with zero attached hydrogens (tertiary/aromatic N) is 1. The molecule has 2 atom stereocenters. The molecule has 0 radical (unpaired) electrons. The van der Waals surface area contributed by atoms with E-state index in [-0.39, 0.29) is 25.3 Å². The van der Waals surface area contributed by atoms with Crippen molar-refractivity contribution in [2.24, 2.45) is 5.92 Å². The number of amides is 1. The molecule has 1 fully saturated rings. The number of piperidine rings is 1. The second kappa shape index (κ2) is 8.47. The van der Waals surface area contributed by atoms with Crippen LogP contribution in [0.2, 0.25) is 0 Å². The van der Waals surface area contributed by atoms with Gasteiger partial charge >= 0.3 is 6.18 Å². The first-order chi connectivity index (χ1) is 11.8. The number of hydrogen-bond donors (Lipinski definition) is 1. The quantitative estimate of drug-likeness (QED) is 0.852. The number of likely N-dealkylation sites (tertiary alicyclic amines) is 1. The van der Waals surface area contributed by atoms with Gasteiger partial charge in [0, 0.05) is 6.54 Å². The molecule has 0 spiro atoms. The van der Waals surface area contributed by atoms with Crippen molar-refractivity contribution in [1.29, 1.82) is 0 Å². The summed E-state index contributed by atoms with van der Waals surface area (Å²) in [4.78, 5) is 25.5. The number of halogens is 3. The van der Waals surface area contributed by atoms with Crippen molar-refractivity contribution < 1.29 is 22.8 Å². The van der Waals surface area contributed by atoms with Crippen molar-refractivity contribution >= 4 is 11.7 Å². The summed E-state index contributed by atoms with van der Waals surface area (Å²) in [6.45, 7) is 1.57. The predicted molar refractivity (Wildman–Crippen MR) is 88.0 cm³/mol. The van der Waals surface area contributed by atoms with E-state index in [1.165, 1.54) is 11.8 Å². The Bertz CT molecular complexity index is 590. The third-order valence-electron chi connectivity index (χ3n) is 4.44. The lowest BCUT2D eigenvalue weighted by Gasteiger charge is -2.33. The number of hydrogen-bond acceptors (Lipinski definition) is 3. The van der Waals surface area contributed by atoms with Gasteiger partial charge in [0.2, 0.25) is 5.91 Å². The Morgan fingerprint density at radius 3 is 2.56 bits per heavy atom. The van der Waals surface area contributed by atoms with E-state index in [0.717, 1.165) is 5.56 Å². The summed E-state index contributed by atoms with van der Waals surface area (Å²) in [6, 6.07) is 8.61. The fraction of sp³-hybridized carbons (Fsp3) is 0.556. The summed E-state index contributed by atoms with van der Waals surface area (Å²) in [7, 11) is 0. The molecule has 0 aromatic heterocycles. The lowest BCUT2D eigenvalue weighted by Crippen LogP contribution is -2.49. The molecule has 4 nitrogen and oxygen atoms in total. The first-order valence-corrected chi connectivity index (χ1v) is 8.38. The highest BCUT2D eigenvalue weighted by atomic mass is 19.4. The molecule has 1 saturated heterocycles. The number of Topliss-reactive ketones (excluding diaryl/α,β-unsaturated/α-hetero) is 1. The topological polar surface area (TPSA) is 49.4 Å². The Morgan fingerprint density at radius 1 is 1.28 bits per heavy atom. The Hall–Kier alpha value is -1.89. The van der Waals surface area contributed by atoms with Crippen molar-refractivity contribution in [2.75, 3.05) is 19.6 Å². The molecule has 1 amide bonds. The zero-order valence-corrected chi connectivity index (χ0v) is 14.2. The lowest BCUT2D eigenvalue weighted by molar-refractivity contribution is -0.187. The average molecular weight is 356 g/mol. The number of carbonyl (C=O) groups excluding carboxylic acids is 2. The van der Waals surface area contributed by atoms with E-state index in [1.807, 2.05) is 30.3 Å². The van der Waals surface area contributed by atoms with Crippen molar-refractivity contribution in [3.05, 3.63) is 35.9 Å². The zero-order chi connectivity index (χ0) is 18.4. The second-order valence-corrected chi connectivity index (χ2v) is 6.54. The van der Waals surface area contributed by atoms with E-state index in [2.05, 4.69) is 5.32 Å². The van der Waals surface area contributed by atoms with E-state index in [0.29, 0.717) is 19.4 Å². The van der Waals surface area contributed by atoms with E-state index in [9.17, 15) is 22.8 Å². The average Bonchev–Trinajstić information content (AvgIpc) is 2.54. The zero-order valence-electron chi connectivity index (χ0n) is 14.2. The van der Waals surface area contributed by atoms with Crippen LogP contribution in [0.1, 0.15) is 25.3 Å². The summed E-state index contributed by atoms with van der Waals surface area (Å²) < 4.78 is 38.5. The van der Waals surface area contributed by atoms with Gasteiger partial charge in [0.1, 0.15) is 0 Å². The minimum Gasteiger partial charge on any atom is -0.345 e. The van der Waals surface area contributed by atoms with Crippen LogP contribution in [-0.4, -0.2) is 48.4 Å². The molecule has 1 N–H and O–H groups in total. The third kappa shape index (κ3) is 6.16. The van der Waals surface area contributed by atoms with Crippen LogP contribution < -0.4 is 5.32 Å². The van der Waals surface area contributed by atoms with Gasteiger partial charge in [-0.3, -0.25) is 14.5 Å². The number of rotatable bonds is 6. The molecule has 1 aromatic rings. The molecule has 2 unspecified atom stereocenters. The second-order valence-electron chi connectivity index (χ2n) is 6.54. The van der Waals surface area contributed by atoms with Crippen molar-refractivity contribution in [1.82, 2.24) is 10.2 Å². The number of alkyl halides is 3. The highest BCUT2D eigenvalue weighted by Crippen LogP contribution is 2.32. The molecule has 138 valence electrons. The van der Waals surface area contributed by atoms with Crippen molar-refractivity contribution in [3.63, 3.8) is 0 Å². The molecule has 0 bridgehead atoms. The SMILES string of the molecule is CC(=O)C(Cc1ccccc1)NC(=O)CN1CCCC(C(F)(F)F)C1. The number of ketones is 1. The molecule has 7 heteroatoms. The molecule has 2 rings (SSSR count). The van der Waals surface area contributed by atoms with Crippen LogP contribution in [0.25, 0.3) is 0 Å². The normalized spacial score (nSPS) is 20.1. The van der Waals surface area contributed by atoms with E-state index < -0.39 is 24.0 Å². The van der Waals surface area contributed by atoms with Gasteiger partial charge in [-0.15, -0.1) is 0 Å². The maximum atomic E-state index is 12.8. The standard InChI is InChI=1S/C18H23F3N2O2/c1-13(24)16(10-14-6-3-2-4-7-14)22-17(25)12-23-9-5-8-15(11-23)18(19,20)21/h2-4,6-7,15-16H,5,8-12H2,1H3,(H,22,25). The van der Waals surface area contributed by atoms with Gasteiger partial charge in [-0.25, -0.2) is 0 Å². The highest BCUT2D eigenvalue weighted by Gasteiger charge is 2.42. The van der Waals surface area contributed by atoms with Crippen LogP contribution in [0.4, 0.5) is 13.2 Å². The molecule has 0 aliphatic carbocycles. The lowest BCUT2D eigenvalue weighted by atomic mass is 9.97. The van der Waals surface area contributed by atoms with Gasteiger partial charge in [-0.05, 0) is 38.3 Å². The smallest absolute Gasteiger partial charge is 0.345 e. The number of benzene rings is 1. The van der Waals surface area contributed by atoms with Crippen molar-refractivity contribution in [2.45, 2.75) is 38.4 Å². The minimum atomic E-state index is -4.23. The van der Waals surface area contributed by atoms with Crippen molar-refractivity contribution in [3.8, 4) is 0 Å². The monoisotopic (exact) mass is 356 g/mol. The number of carbonyl (C=O) groups is 2. The summed E-state index contributed by atoms with van der Waals surface area (Å²) in [5.74, 6) is -1.98. The molecule has 1 aliphatic heterocycles. The van der Waals surface area contributed by atoms with Gasteiger partial charge in [0.15, 0.2) is 5.78 Å². The Labute approximate surface area is 145 Å². The molecular weight excluding hydrogens is 333 g/mol. The molecule has 1 aromatic carbocycles. The Balaban J connectivity index is 1.89. The summed E-state index contributed by atoms with van der Waals surface area (Å²) in [5, 5.41) is 2.65. The van der Waals surface area contributed by atoms with Gasteiger partial charge in [-0.2, -0.15) is 13.2 Å². The third-order valence-corrected chi connectivity index (χ3v) is 4.44. The Morgan fingerprint density at radius 2 is 1.96 bits per heavy atom. The van der Waals surface area contributed by atoms with Crippen LogP contribution in [-0.2, 0) is 16.0 Å². The van der Waals surface area contributed by atoms with Gasteiger partial charge in [-0.1, -0.05) is 30.3 Å². The van der Waals surface area contributed by atoms with E-state index in [4.69, 9.17) is 0 Å². The Kier molecular flexibility index (Phi) is 6.58. The largest absolute Gasteiger partial charge is 0.393 e. The fourth-order valence-electron chi connectivity index (χ4n) is 3.06. The summed E-state index contributed by atoms with van der Waals surface area (Å²) >= 11 is 0. The summed E-state index contributed by atoms with van der Waals surface area (Å²) in [5.41, 5.74) is 0.915. The highest BCUT2D eigenvalue weighted by molar-refractivity contribution is 5.88. The van der Waals surface area contributed by atoms with Crippen LogP contribution >= 0.6 is 0 Å². The first kappa shape index (κ1) is 19.4. The fourth-order valence-corrected chi connectivity index (χ4v) is 3.06. The van der Waals surface area contributed by atoms with Gasteiger partial charge < -0.3 is 5.32 Å². The minimum absolute atomic E-state index is 0.103. The predicted octanol–water partition coefficient (Wildman–Crippen LogP) is 2.58. The van der Waals surface area contributed by atoms with Gasteiger partial charge in [0.05, 0.1) is 18.5 Å². The van der Waals surface area contributed by atoms with Crippen LogP contribution in [0.3, 0.4) is 0 Å². The summed E-state index contributed by atoms with van der Waals surface area (Å²) in [6.07, 6.45) is -3.35. The van der Waals surface area contributed by atoms with Crippen LogP contribution in [0.5, 0.6) is 0 Å². The van der Waals surface area contributed by atoms with E-state index >= 15 is 0 Å². The van der Waals surface area contributed by atoms with Crippen LogP contribution in [0.15, 0.2) is 30.3 Å².